The average Bonchev–Trinajstić information content (AvgIpc) is 2.65. The van der Waals surface area contributed by atoms with Crippen molar-refractivity contribution < 1.29 is 22.7 Å². The largest absolute Gasteiger partial charge is 0.493 e. The molecule has 0 aliphatic heterocycles. The Bertz CT molecular complexity index is 973. The van der Waals surface area contributed by atoms with Crippen LogP contribution in [0.15, 0.2) is 47.6 Å². The molecule has 0 radical (unpaired) electrons. The highest BCUT2D eigenvalue weighted by molar-refractivity contribution is 7.92. The van der Waals surface area contributed by atoms with Gasteiger partial charge >= 0.3 is 0 Å². The molecule has 28 heavy (non-hydrogen) atoms. The first-order chi connectivity index (χ1) is 13.3. The number of carbonyl (C=O) groups excluding carboxylic acids is 1. The molecule has 0 saturated heterocycles. The maximum atomic E-state index is 12.3. The van der Waals surface area contributed by atoms with Crippen molar-refractivity contribution in [3.8, 4) is 11.5 Å². The van der Waals surface area contributed by atoms with E-state index < -0.39 is 22.5 Å². The normalized spacial score (nSPS) is 11.3. The second kappa shape index (κ2) is 9.23. The minimum atomic E-state index is -3.65. The maximum Gasteiger partial charge on any atom is 0.260 e. The number of anilines is 1. The fourth-order valence-corrected chi connectivity index (χ4v) is 3.49. The topological polar surface area (TPSA) is 97.3 Å². The Morgan fingerprint density at radius 2 is 1.86 bits per heavy atom. The van der Waals surface area contributed by atoms with E-state index in [1.165, 1.54) is 20.4 Å². The number of methoxy groups -OCH3 is 2. The molecule has 0 spiro atoms. The summed E-state index contributed by atoms with van der Waals surface area (Å²) in [5.41, 5.74) is 4.12. The molecule has 0 aliphatic rings. The first kappa shape index (κ1) is 21.2. The monoisotopic (exact) mass is 405 g/mol. The van der Waals surface area contributed by atoms with E-state index in [4.69, 9.17) is 9.47 Å². The van der Waals surface area contributed by atoms with Crippen LogP contribution in [-0.4, -0.2) is 47.6 Å². The van der Waals surface area contributed by atoms with Crippen LogP contribution in [-0.2, 0) is 14.8 Å². The molecule has 0 saturated carbocycles. The van der Waals surface area contributed by atoms with Gasteiger partial charge in [-0.15, -0.1) is 0 Å². The SMILES string of the molecule is COc1cccc(/C=N\NC(=O)CN(c2ccccc2C)S(C)(=O)=O)c1OC. The number of nitrogens with one attached hydrogen (secondary N) is 1. The number of amides is 1. The second-order valence-corrected chi connectivity index (χ2v) is 7.84. The van der Waals surface area contributed by atoms with E-state index >= 15 is 0 Å². The number of ether oxygens (including phenoxy) is 2. The number of aryl methyl sites for hydroxylation is 1. The highest BCUT2D eigenvalue weighted by atomic mass is 32.2. The molecular formula is C19H23N3O5S. The van der Waals surface area contributed by atoms with Crippen LogP contribution >= 0.6 is 0 Å². The van der Waals surface area contributed by atoms with E-state index in [-0.39, 0.29) is 0 Å². The van der Waals surface area contributed by atoms with E-state index in [0.29, 0.717) is 22.7 Å². The van der Waals surface area contributed by atoms with Gasteiger partial charge in [-0.05, 0) is 30.7 Å². The van der Waals surface area contributed by atoms with Crippen LogP contribution in [0.5, 0.6) is 11.5 Å². The zero-order valence-electron chi connectivity index (χ0n) is 16.2. The number of benzene rings is 2. The molecule has 0 bridgehead atoms. The van der Waals surface area contributed by atoms with Gasteiger partial charge in [0.2, 0.25) is 10.0 Å². The fraction of sp³-hybridized carbons (Fsp3) is 0.263. The molecule has 0 aliphatic carbocycles. The summed E-state index contributed by atoms with van der Waals surface area (Å²) in [6.07, 6.45) is 2.45. The standard InChI is InChI=1S/C19H23N3O5S/c1-14-8-5-6-10-16(14)22(28(4,24)25)13-18(23)21-20-12-15-9-7-11-17(26-2)19(15)27-3/h5-12H,13H2,1-4H3,(H,21,23)/b20-12-. The first-order valence-electron chi connectivity index (χ1n) is 8.34. The number of para-hydroxylation sites is 2. The number of carbonyl (C=O) groups is 1. The van der Waals surface area contributed by atoms with Crippen LogP contribution < -0.4 is 19.2 Å². The number of sulfonamides is 1. The van der Waals surface area contributed by atoms with Crippen LogP contribution in [0.4, 0.5) is 5.69 Å². The number of hydrogen-bond acceptors (Lipinski definition) is 6. The molecule has 8 nitrogen and oxygen atoms in total. The van der Waals surface area contributed by atoms with Gasteiger partial charge in [0.1, 0.15) is 6.54 Å². The van der Waals surface area contributed by atoms with Crippen molar-refractivity contribution >= 4 is 27.8 Å². The van der Waals surface area contributed by atoms with Gasteiger partial charge in [0.25, 0.3) is 5.91 Å². The predicted molar refractivity (Wildman–Crippen MR) is 109 cm³/mol. The van der Waals surface area contributed by atoms with Crippen molar-refractivity contribution in [2.75, 3.05) is 31.3 Å². The van der Waals surface area contributed by atoms with Gasteiger partial charge in [-0.3, -0.25) is 9.10 Å². The van der Waals surface area contributed by atoms with E-state index in [1.807, 2.05) is 0 Å². The molecule has 9 heteroatoms. The molecule has 0 fully saturated rings. The van der Waals surface area contributed by atoms with Crippen molar-refractivity contribution in [1.29, 1.82) is 0 Å². The summed E-state index contributed by atoms with van der Waals surface area (Å²) >= 11 is 0. The number of rotatable bonds is 8. The average molecular weight is 405 g/mol. The van der Waals surface area contributed by atoms with Crippen molar-refractivity contribution in [2.24, 2.45) is 5.10 Å². The van der Waals surface area contributed by atoms with Crippen LogP contribution in [0.2, 0.25) is 0 Å². The summed E-state index contributed by atoms with van der Waals surface area (Å²) in [7, 11) is -0.629. The molecule has 0 heterocycles. The van der Waals surface area contributed by atoms with Gasteiger partial charge in [0.05, 0.1) is 32.4 Å². The molecule has 0 unspecified atom stereocenters. The Kier molecular flexibility index (Phi) is 7.00. The lowest BCUT2D eigenvalue weighted by Crippen LogP contribution is -2.39. The van der Waals surface area contributed by atoms with Gasteiger partial charge in [-0.25, -0.2) is 13.8 Å². The lowest BCUT2D eigenvalue weighted by Gasteiger charge is -2.23. The van der Waals surface area contributed by atoms with Crippen LogP contribution in [0.1, 0.15) is 11.1 Å². The summed E-state index contributed by atoms with van der Waals surface area (Å²) < 4.78 is 35.8. The molecule has 2 aromatic carbocycles. The third-order valence-corrected chi connectivity index (χ3v) is 5.02. The quantitative estimate of drug-likeness (QED) is 0.535. The van der Waals surface area contributed by atoms with E-state index in [1.54, 1.807) is 49.4 Å². The Balaban J connectivity index is 2.15. The molecule has 1 amide bonds. The van der Waals surface area contributed by atoms with Crippen LogP contribution in [0, 0.1) is 6.92 Å². The minimum absolute atomic E-state index is 0.393. The maximum absolute atomic E-state index is 12.3. The summed E-state index contributed by atoms with van der Waals surface area (Å²) in [6, 6.07) is 12.2. The van der Waals surface area contributed by atoms with Gasteiger partial charge in [-0.2, -0.15) is 5.10 Å². The smallest absolute Gasteiger partial charge is 0.260 e. The predicted octanol–water partition coefficient (Wildman–Crippen LogP) is 1.93. The summed E-state index contributed by atoms with van der Waals surface area (Å²) in [4.78, 5) is 12.3. The molecule has 1 N–H and O–H groups in total. The van der Waals surface area contributed by atoms with Crippen molar-refractivity contribution in [3.63, 3.8) is 0 Å². The highest BCUT2D eigenvalue weighted by Crippen LogP contribution is 2.29. The molecule has 0 atom stereocenters. The second-order valence-electron chi connectivity index (χ2n) is 5.93. The molecule has 2 aromatic rings. The van der Waals surface area contributed by atoms with E-state index in [9.17, 15) is 13.2 Å². The molecule has 0 aromatic heterocycles. The van der Waals surface area contributed by atoms with Crippen LogP contribution in [0.3, 0.4) is 0 Å². The number of hydrazone groups is 1. The highest BCUT2D eigenvalue weighted by Gasteiger charge is 2.22. The third-order valence-electron chi connectivity index (χ3n) is 3.90. The third kappa shape index (κ3) is 5.23. The first-order valence-corrected chi connectivity index (χ1v) is 10.2. The van der Waals surface area contributed by atoms with E-state index in [0.717, 1.165) is 16.1 Å². The van der Waals surface area contributed by atoms with Gasteiger partial charge in [-0.1, -0.05) is 24.3 Å². The van der Waals surface area contributed by atoms with Gasteiger partial charge in [0.15, 0.2) is 11.5 Å². The minimum Gasteiger partial charge on any atom is -0.493 e. The molecule has 2 rings (SSSR count). The van der Waals surface area contributed by atoms with E-state index in [2.05, 4.69) is 10.5 Å². The Morgan fingerprint density at radius 1 is 1.14 bits per heavy atom. The summed E-state index contributed by atoms with van der Waals surface area (Å²) in [6.45, 7) is 1.38. The number of hydrogen-bond donors (Lipinski definition) is 1. The van der Waals surface area contributed by atoms with Crippen LogP contribution in [0.25, 0.3) is 0 Å². The number of nitrogens with zero attached hydrogens (tertiary/aromatic N) is 2. The Labute approximate surface area is 164 Å². The van der Waals surface area contributed by atoms with Gasteiger partial charge in [0, 0.05) is 5.56 Å². The van der Waals surface area contributed by atoms with Crippen molar-refractivity contribution in [1.82, 2.24) is 5.43 Å². The lowest BCUT2D eigenvalue weighted by molar-refractivity contribution is -0.119. The summed E-state index contributed by atoms with van der Waals surface area (Å²) in [5, 5.41) is 3.90. The molecule has 150 valence electrons. The zero-order valence-corrected chi connectivity index (χ0v) is 17.0. The lowest BCUT2D eigenvalue weighted by atomic mass is 10.2. The summed E-state index contributed by atoms with van der Waals surface area (Å²) in [5.74, 6) is 0.424. The zero-order chi connectivity index (χ0) is 20.7. The molecular weight excluding hydrogens is 382 g/mol. The van der Waals surface area contributed by atoms with Gasteiger partial charge < -0.3 is 9.47 Å². The van der Waals surface area contributed by atoms with Crippen molar-refractivity contribution in [2.45, 2.75) is 6.92 Å². The fourth-order valence-electron chi connectivity index (χ4n) is 2.58. The Morgan fingerprint density at radius 3 is 2.46 bits per heavy atom. The Hall–Kier alpha value is -3.07. The van der Waals surface area contributed by atoms with Crippen molar-refractivity contribution in [3.05, 3.63) is 53.6 Å².